The van der Waals surface area contributed by atoms with Crippen LogP contribution in [0, 0.1) is 17.8 Å². The molecule has 1 heteroatoms. The Labute approximate surface area is 63.4 Å². The molecule has 1 nitrogen and oxygen atoms in total. The zero-order valence-electron chi connectivity index (χ0n) is 7.01. The molecule has 0 aromatic heterocycles. The summed E-state index contributed by atoms with van der Waals surface area (Å²) in [5.74, 6) is 2.23. The van der Waals surface area contributed by atoms with Crippen molar-refractivity contribution in [3.8, 4) is 0 Å². The summed E-state index contributed by atoms with van der Waals surface area (Å²) in [4.78, 5) is 0. The molecule has 0 spiro atoms. The van der Waals surface area contributed by atoms with Crippen LogP contribution in [0.1, 0.15) is 33.1 Å². The molecule has 1 aliphatic rings. The van der Waals surface area contributed by atoms with Gasteiger partial charge in [0.25, 0.3) is 0 Å². The van der Waals surface area contributed by atoms with Gasteiger partial charge in [0.15, 0.2) is 0 Å². The van der Waals surface area contributed by atoms with Crippen molar-refractivity contribution in [1.29, 1.82) is 0 Å². The predicted molar refractivity (Wildman–Crippen MR) is 42.8 cm³/mol. The second kappa shape index (κ2) is 3.38. The highest BCUT2D eigenvalue weighted by atomic mass is 16.3. The van der Waals surface area contributed by atoms with Gasteiger partial charge in [-0.2, -0.15) is 0 Å². The summed E-state index contributed by atoms with van der Waals surface area (Å²) in [6, 6.07) is 0. The zero-order chi connectivity index (χ0) is 7.56. The molecule has 0 amide bonds. The van der Waals surface area contributed by atoms with E-state index >= 15 is 0 Å². The highest BCUT2D eigenvalue weighted by molar-refractivity contribution is 4.81. The minimum Gasteiger partial charge on any atom is -0.396 e. The topological polar surface area (TPSA) is 20.2 Å². The van der Waals surface area contributed by atoms with E-state index in [9.17, 15) is 0 Å². The van der Waals surface area contributed by atoms with E-state index in [4.69, 9.17) is 5.11 Å². The van der Waals surface area contributed by atoms with Crippen molar-refractivity contribution >= 4 is 0 Å². The van der Waals surface area contributed by atoms with E-state index in [-0.39, 0.29) is 0 Å². The van der Waals surface area contributed by atoms with Crippen LogP contribution in [0.3, 0.4) is 0 Å². The van der Waals surface area contributed by atoms with Gasteiger partial charge in [-0.3, -0.25) is 0 Å². The first kappa shape index (κ1) is 8.06. The average Bonchev–Trinajstić information content (AvgIpc) is 2.63. The quantitative estimate of drug-likeness (QED) is 0.637. The average molecular weight is 142 g/mol. The van der Waals surface area contributed by atoms with Crippen LogP contribution in [0.4, 0.5) is 0 Å². The van der Waals surface area contributed by atoms with Crippen LogP contribution >= 0.6 is 0 Å². The van der Waals surface area contributed by atoms with Crippen LogP contribution in [-0.2, 0) is 0 Å². The summed E-state index contributed by atoms with van der Waals surface area (Å²) in [7, 11) is 0. The van der Waals surface area contributed by atoms with Gasteiger partial charge in [-0.25, -0.2) is 0 Å². The van der Waals surface area contributed by atoms with Crippen molar-refractivity contribution in [3.63, 3.8) is 0 Å². The SMILES string of the molecule is CC(C)CC(CO)C1CC1. The first-order valence-corrected chi connectivity index (χ1v) is 4.35. The van der Waals surface area contributed by atoms with Gasteiger partial charge in [-0.15, -0.1) is 0 Å². The molecule has 0 aliphatic heterocycles. The Hall–Kier alpha value is -0.0400. The molecule has 1 N–H and O–H groups in total. The van der Waals surface area contributed by atoms with Gasteiger partial charge in [0.2, 0.25) is 0 Å². The highest BCUT2D eigenvalue weighted by Gasteiger charge is 2.30. The summed E-state index contributed by atoms with van der Waals surface area (Å²) < 4.78 is 0. The first-order valence-electron chi connectivity index (χ1n) is 4.35. The maximum atomic E-state index is 8.99. The lowest BCUT2D eigenvalue weighted by Crippen LogP contribution is -2.11. The largest absolute Gasteiger partial charge is 0.396 e. The molecule has 1 rings (SSSR count). The molecule has 0 bridgehead atoms. The fourth-order valence-corrected chi connectivity index (χ4v) is 1.59. The molecule has 1 atom stereocenters. The summed E-state index contributed by atoms with van der Waals surface area (Å²) in [6.07, 6.45) is 3.93. The molecule has 1 saturated carbocycles. The van der Waals surface area contributed by atoms with Crippen molar-refractivity contribution < 1.29 is 5.11 Å². The van der Waals surface area contributed by atoms with Crippen LogP contribution in [0.25, 0.3) is 0 Å². The van der Waals surface area contributed by atoms with Gasteiger partial charge in [0.05, 0.1) is 0 Å². The van der Waals surface area contributed by atoms with E-state index in [1.807, 2.05) is 0 Å². The Kier molecular flexibility index (Phi) is 2.72. The molecule has 10 heavy (non-hydrogen) atoms. The van der Waals surface area contributed by atoms with Crippen LogP contribution < -0.4 is 0 Å². The lowest BCUT2D eigenvalue weighted by molar-refractivity contribution is 0.189. The van der Waals surface area contributed by atoms with E-state index in [2.05, 4.69) is 13.8 Å². The number of hydrogen-bond donors (Lipinski definition) is 1. The molecule has 1 fully saturated rings. The Morgan fingerprint density at radius 2 is 2.00 bits per heavy atom. The van der Waals surface area contributed by atoms with E-state index in [0.29, 0.717) is 12.5 Å². The third kappa shape index (κ3) is 2.30. The molecule has 0 heterocycles. The van der Waals surface area contributed by atoms with Crippen molar-refractivity contribution in [2.24, 2.45) is 17.8 Å². The van der Waals surface area contributed by atoms with Crippen LogP contribution in [-0.4, -0.2) is 11.7 Å². The first-order chi connectivity index (χ1) is 4.74. The summed E-state index contributed by atoms with van der Waals surface area (Å²) in [6.45, 7) is 4.86. The third-order valence-corrected chi connectivity index (χ3v) is 2.30. The summed E-state index contributed by atoms with van der Waals surface area (Å²) >= 11 is 0. The number of hydrogen-bond acceptors (Lipinski definition) is 1. The lowest BCUT2D eigenvalue weighted by atomic mass is 9.94. The highest BCUT2D eigenvalue weighted by Crippen LogP contribution is 2.39. The van der Waals surface area contributed by atoms with Crippen LogP contribution in [0.2, 0.25) is 0 Å². The minimum absolute atomic E-state index is 0.406. The molecular formula is C9H18O. The third-order valence-electron chi connectivity index (χ3n) is 2.30. The maximum Gasteiger partial charge on any atom is 0.0462 e. The Morgan fingerprint density at radius 1 is 1.40 bits per heavy atom. The Balaban J connectivity index is 2.19. The fraction of sp³-hybridized carbons (Fsp3) is 1.00. The molecule has 0 saturated heterocycles. The molecule has 1 aliphatic carbocycles. The van der Waals surface area contributed by atoms with Crippen LogP contribution in [0.5, 0.6) is 0 Å². The number of rotatable bonds is 4. The molecule has 0 radical (unpaired) electrons. The van der Waals surface area contributed by atoms with Gasteiger partial charge < -0.3 is 5.11 Å². The van der Waals surface area contributed by atoms with Gasteiger partial charge in [-0.1, -0.05) is 13.8 Å². The van der Waals surface area contributed by atoms with E-state index < -0.39 is 0 Å². The van der Waals surface area contributed by atoms with Gasteiger partial charge in [0, 0.05) is 6.61 Å². The monoisotopic (exact) mass is 142 g/mol. The Morgan fingerprint density at radius 3 is 2.30 bits per heavy atom. The predicted octanol–water partition coefficient (Wildman–Crippen LogP) is 2.05. The van der Waals surface area contributed by atoms with Gasteiger partial charge in [0.1, 0.15) is 0 Å². The van der Waals surface area contributed by atoms with Crippen molar-refractivity contribution in [3.05, 3.63) is 0 Å². The minimum atomic E-state index is 0.406. The molecular weight excluding hydrogens is 124 g/mol. The second-order valence-electron chi connectivity index (χ2n) is 3.91. The van der Waals surface area contributed by atoms with Crippen molar-refractivity contribution in [2.45, 2.75) is 33.1 Å². The van der Waals surface area contributed by atoms with E-state index in [1.165, 1.54) is 19.3 Å². The van der Waals surface area contributed by atoms with E-state index in [1.54, 1.807) is 0 Å². The van der Waals surface area contributed by atoms with Crippen molar-refractivity contribution in [1.82, 2.24) is 0 Å². The fourth-order valence-electron chi connectivity index (χ4n) is 1.59. The second-order valence-corrected chi connectivity index (χ2v) is 3.91. The Bertz CT molecular complexity index is 94.9. The van der Waals surface area contributed by atoms with Gasteiger partial charge >= 0.3 is 0 Å². The lowest BCUT2D eigenvalue weighted by Gasteiger charge is -2.14. The number of aliphatic hydroxyl groups excluding tert-OH is 1. The number of aliphatic hydroxyl groups is 1. The van der Waals surface area contributed by atoms with E-state index in [0.717, 1.165) is 11.8 Å². The smallest absolute Gasteiger partial charge is 0.0462 e. The normalized spacial score (nSPS) is 21.6. The van der Waals surface area contributed by atoms with Crippen molar-refractivity contribution in [2.75, 3.05) is 6.61 Å². The van der Waals surface area contributed by atoms with Gasteiger partial charge in [-0.05, 0) is 37.0 Å². The maximum absolute atomic E-state index is 8.99. The molecule has 1 unspecified atom stereocenters. The summed E-state index contributed by atoms with van der Waals surface area (Å²) in [5.41, 5.74) is 0. The zero-order valence-corrected chi connectivity index (χ0v) is 7.01. The van der Waals surface area contributed by atoms with Crippen LogP contribution in [0.15, 0.2) is 0 Å². The molecule has 0 aromatic rings. The molecule has 0 aromatic carbocycles. The molecule has 60 valence electrons. The summed E-state index contributed by atoms with van der Waals surface area (Å²) in [5, 5.41) is 8.99. The standard InChI is InChI=1S/C9H18O/c1-7(2)5-9(6-10)8-3-4-8/h7-10H,3-6H2,1-2H3.